The monoisotopic (exact) mass is 287 g/mol. The molecule has 0 saturated carbocycles. The molecule has 2 aromatic carbocycles. The van der Waals surface area contributed by atoms with Crippen LogP contribution in [0.25, 0.3) is 10.9 Å². The summed E-state index contributed by atoms with van der Waals surface area (Å²) in [6, 6.07) is 12.7. The van der Waals surface area contributed by atoms with Crippen LogP contribution in [0.15, 0.2) is 48.7 Å². The number of phenols is 1. The molecule has 0 aliphatic carbocycles. The molecular weight excluding hydrogens is 274 g/mol. The van der Waals surface area contributed by atoms with Crippen molar-refractivity contribution in [3.05, 3.63) is 59.2 Å². The van der Waals surface area contributed by atoms with Crippen LogP contribution >= 0.6 is 11.6 Å². The number of para-hydroxylation sites is 1. The van der Waals surface area contributed by atoms with E-state index in [4.69, 9.17) is 16.3 Å². The van der Waals surface area contributed by atoms with E-state index in [1.54, 1.807) is 18.2 Å². The molecule has 1 N–H and O–H groups in total. The molecule has 0 aliphatic rings. The maximum Gasteiger partial charge on any atom is 0.138 e. The minimum Gasteiger partial charge on any atom is -0.508 e. The number of rotatable bonds is 3. The Morgan fingerprint density at radius 1 is 1.20 bits per heavy atom. The lowest BCUT2D eigenvalue weighted by Crippen LogP contribution is -1.95. The fraction of sp³-hybridized carbons (Fsp3) is 0.125. The van der Waals surface area contributed by atoms with E-state index in [-0.39, 0.29) is 5.75 Å². The Bertz CT molecular complexity index is 764. The van der Waals surface area contributed by atoms with Crippen LogP contribution < -0.4 is 4.74 Å². The molecule has 0 unspecified atom stereocenters. The highest BCUT2D eigenvalue weighted by atomic mass is 35.5. The first-order valence-electron chi connectivity index (χ1n) is 6.29. The predicted octanol–water partition coefficient (Wildman–Crippen LogP) is 4.12. The molecule has 0 bridgehead atoms. The smallest absolute Gasteiger partial charge is 0.138 e. The molecule has 0 fully saturated rings. The fourth-order valence-corrected chi connectivity index (χ4v) is 2.48. The van der Waals surface area contributed by atoms with Gasteiger partial charge in [-0.3, -0.25) is 0 Å². The van der Waals surface area contributed by atoms with E-state index in [0.29, 0.717) is 17.4 Å². The second-order valence-electron chi connectivity index (χ2n) is 4.69. The second kappa shape index (κ2) is 5.10. The normalized spacial score (nSPS) is 10.9. The number of hydrogen-bond donors (Lipinski definition) is 1. The number of aromatic hydroxyl groups is 1. The summed E-state index contributed by atoms with van der Waals surface area (Å²) in [5, 5.41) is 11.2. The molecule has 0 spiro atoms. The van der Waals surface area contributed by atoms with Crippen molar-refractivity contribution in [3.8, 4) is 11.5 Å². The zero-order chi connectivity index (χ0) is 14.1. The van der Waals surface area contributed by atoms with Gasteiger partial charge in [-0.05, 0) is 24.3 Å². The molecular formula is C16H14ClNO2. The van der Waals surface area contributed by atoms with Crippen molar-refractivity contribution in [2.45, 2.75) is 6.61 Å². The lowest BCUT2D eigenvalue weighted by molar-refractivity contribution is 0.307. The Labute approximate surface area is 122 Å². The zero-order valence-electron chi connectivity index (χ0n) is 11.0. The summed E-state index contributed by atoms with van der Waals surface area (Å²) in [4.78, 5) is 0. The Morgan fingerprint density at radius 3 is 2.80 bits per heavy atom. The van der Waals surface area contributed by atoms with Crippen LogP contribution in [0.5, 0.6) is 11.5 Å². The molecule has 4 heteroatoms. The van der Waals surface area contributed by atoms with Crippen molar-refractivity contribution < 1.29 is 9.84 Å². The summed E-state index contributed by atoms with van der Waals surface area (Å²) in [5.74, 6) is 0.933. The molecule has 1 heterocycles. The summed E-state index contributed by atoms with van der Waals surface area (Å²) in [6.45, 7) is 0.436. The molecule has 3 nitrogen and oxygen atoms in total. The molecule has 0 aliphatic heterocycles. The van der Waals surface area contributed by atoms with E-state index in [9.17, 15) is 5.11 Å². The van der Waals surface area contributed by atoms with E-state index < -0.39 is 0 Å². The molecule has 20 heavy (non-hydrogen) atoms. The van der Waals surface area contributed by atoms with Gasteiger partial charge in [-0.1, -0.05) is 23.7 Å². The topological polar surface area (TPSA) is 34.4 Å². The van der Waals surface area contributed by atoms with Crippen LogP contribution in [0, 0.1) is 0 Å². The minimum atomic E-state index is 0.261. The SMILES string of the molecule is Cn1cc(COc2ccccc2Cl)c2ccc(O)cc21. The van der Waals surface area contributed by atoms with Crippen molar-refractivity contribution in [1.29, 1.82) is 0 Å². The van der Waals surface area contributed by atoms with Gasteiger partial charge < -0.3 is 14.4 Å². The zero-order valence-corrected chi connectivity index (χ0v) is 11.8. The van der Waals surface area contributed by atoms with Gasteiger partial charge >= 0.3 is 0 Å². The summed E-state index contributed by atoms with van der Waals surface area (Å²) in [5.41, 5.74) is 2.03. The van der Waals surface area contributed by atoms with Gasteiger partial charge in [0.05, 0.1) is 10.5 Å². The highest BCUT2D eigenvalue weighted by molar-refractivity contribution is 6.32. The molecule has 0 atom stereocenters. The minimum absolute atomic E-state index is 0.261. The number of nitrogens with zero attached hydrogens (tertiary/aromatic N) is 1. The van der Waals surface area contributed by atoms with Gasteiger partial charge in [0.25, 0.3) is 0 Å². The number of benzene rings is 2. The summed E-state index contributed by atoms with van der Waals surface area (Å²) >= 11 is 6.07. The first-order chi connectivity index (χ1) is 9.65. The number of aryl methyl sites for hydroxylation is 1. The van der Waals surface area contributed by atoms with Crippen molar-refractivity contribution in [3.63, 3.8) is 0 Å². The summed E-state index contributed by atoms with van der Waals surface area (Å²) in [7, 11) is 1.95. The molecule has 1 aromatic heterocycles. The van der Waals surface area contributed by atoms with E-state index in [2.05, 4.69) is 0 Å². The van der Waals surface area contributed by atoms with Gasteiger partial charge in [-0.25, -0.2) is 0 Å². The molecule has 102 valence electrons. The molecule has 3 rings (SSSR count). The van der Waals surface area contributed by atoms with Crippen LogP contribution in [0.4, 0.5) is 0 Å². The van der Waals surface area contributed by atoms with E-state index in [1.807, 2.05) is 42.1 Å². The Kier molecular flexibility index (Phi) is 3.28. The first-order valence-corrected chi connectivity index (χ1v) is 6.67. The van der Waals surface area contributed by atoms with Crippen LogP contribution in [-0.4, -0.2) is 9.67 Å². The first kappa shape index (κ1) is 12.9. The highest BCUT2D eigenvalue weighted by Crippen LogP contribution is 2.28. The van der Waals surface area contributed by atoms with Crippen LogP contribution in [0.2, 0.25) is 5.02 Å². The van der Waals surface area contributed by atoms with Crippen LogP contribution in [0.3, 0.4) is 0 Å². The van der Waals surface area contributed by atoms with Gasteiger partial charge in [-0.15, -0.1) is 0 Å². The third kappa shape index (κ3) is 2.32. The molecule has 3 aromatic rings. The van der Waals surface area contributed by atoms with Gasteiger partial charge in [0.15, 0.2) is 0 Å². The number of ether oxygens (including phenoxy) is 1. The standard InChI is InChI=1S/C16H14ClNO2/c1-18-9-11(13-7-6-12(19)8-15(13)18)10-20-16-5-3-2-4-14(16)17/h2-9,19H,10H2,1H3. The maximum absolute atomic E-state index is 9.55. The van der Waals surface area contributed by atoms with Gasteiger partial charge in [0.2, 0.25) is 0 Å². The van der Waals surface area contributed by atoms with Crippen molar-refractivity contribution in [2.24, 2.45) is 7.05 Å². The maximum atomic E-state index is 9.55. The molecule has 0 saturated heterocycles. The third-order valence-electron chi connectivity index (χ3n) is 3.28. The summed E-state index contributed by atoms with van der Waals surface area (Å²) in [6.07, 6.45) is 2.00. The molecule has 0 amide bonds. The highest BCUT2D eigenvalue weighted by Gasteiger charge is 2.08. The predicted molar refractivity (Wildman–Crippen MR) is 80.4 cm³/mol. The number of aromatic nitrogens is 1. The second-order valence-corrected chi connectivity index (χ2v) is 5.09. The average Bonchev–Trinajstić information content (AvgIpc) is 2.74. The van der Waals surface area contributed by atoms with Crippen molar-refractivity contribution in [1.82, 2.24) is 4.57 Å². The third-order valence-corrected chi connectivity index (χ3v) is 3.59. The van der Waals surface area contributed by atoms with Crippen molar-refractivity contribution in [2.75, 3.05) is 0 Å². The molecule has 0 radical (unpaired) electrons. The number of hydrogen-bond acceptors (Lipinski definition) is 2. The Hall–Kier alpha value is -2.13. The van der Waals surface area contributed by atoms with Crippen LogP contribution in [0.1, 0.15) is 5.56 Å². The lowest BCUT2D eigenvalue weighted by atomic mass is 10.2. The van der Waals surface area contributed by atoms with Crippen LogP contribution in [-0.2, 0) is 13.7 Å². The van der Waals surface area contributed by atoms with E-state index in [1.165, 1.54) is 0 Å². The number of phenolic OH excluding ortho intramolecular Hbond substituents is 1. The number of halogens is 1. The number of fused-ring (bicyclic) bond motifs is 1. The van der Waals surface area contributed by atoms with E-state index in [0.717, 1.165) is 16.5 Å². The van der Waals surface area contributed by atoms with Crippen molar-refractivity contribution >= 4 is 22.5 Å². The quantitative estimate of drug-likeness (QED) is 0.786. The van der Waals surface area contributed by atoms with Gasteiger partial charge in [0.1, 0.15) is 18.1 Å². The fourth-order valence-electron chi connectivity index (χ4n) is 2.29. The average molecular weight is 288 g/mol. The summed E-state index contributed by atoms with van der Waals surface area (Å²) < 4.78 is 7.74. The van der Waals surface area contributed by atoms with E-state index >= 15 is 0 Å². The van der Waals surface area contributed by atoms with Gasteiger partial charge in [-0.2, -0.15) is 0 Å². The Balaban J connectivity index is 1.90. The largest absolute Gasteiger partial charge is 0.508 e. The Morgan fingerprint density at radius 2 is 2.00 bits per heavy atom. The lowest BCUT2D eigenvalue weighted by Gasteiger charge is -2.06. The van der Waals surface area contributed by atoms with Gasteiger partial charge in [0, 0.05) is 30.3 Å².